The largest absolute Gasteiger partial charge is 0.375 e. The zero-order valence-corrected chi connectivity index (χ0v) is 9.80. The average Bonchev–Trinajstić information content (AvgIpc) is 2.20. The highest BCUT2D eigenvalue weighted by molar-refractivity contribution is 9.10. The highest BCUT2D eigenvalue weighted by Crippen LogP contribution is 2.16. The van der Waals surface area contributed by atoms with Crippen molar-refractivity contribution in [2.75, 3.05) is 13.7 Å². The summed E-state index contributed by atoms with van der Waals surface area (Å²) in [5.74, 6) is -0.514. The second kappa shape index (κ2) is 5.82. The van der Waals surface area contributed by atoms with Gasteiger partial charge in [-0.15, -0.1) is 0 Å². The van der Waals surface area contributed by atoms with E-state index < -0.39 is 0 Å². The Hall–Kier alpha value is -0.940. The minimum atomic E-state index is -0.318. The molecular weight excluding hydrogens is 265 g/mol. The molecule has 0 atom stereocenters. The molecule has 1 N–H and O–H groups in total. The molecule has 0 saturated heterocycles. The molecule has 0 aliphatic carbocycles. The number of nitrogens with one attached hydrogen (secondary N) is 1. The lowest BCUT2D eigenvalue weighted by Crippen LogP contribution is -2.26. The Morgan fingerprint density at radius 2 is 2.33 bits per heavy atom. The van der Waals surface area contributed by atoms with E-state index in [2.05, 4.69) is 26.0 Å². The number of carbonyl (C=O) groups is 1. The minimum Gasteiger partial charge on any atom is -0.375 e. The van der Waals surface area contributed by atoms with Crippen molar-refractivity contribution in [2.24, 2.45) is 0 Å². The van der Waals surface area contributed by atoms with E-state index in [0.717, 1.165) is 5.56 Å². The molecule has 0 bridgehead atoms. The number of hydrogen-bond acceptors (Lipinski definition) is 2. The van der Waals surface area contributed by atoms with Gasteiger partial charge >= 0.3 is 0 Å². The van der Waals surface area contributed by atoms with Crippen molar-refractivity contribution in [2.45, 2.75) is 6.54 Å². The van der Waals surface area contributed by atoms with Crippen LogP contribution in [0.1, 0.15) is 5.56 Å². The van der Waals surface area contributed by atoms with Crippen molar-refractivity contribution in [1.82, 2.24) is 5.32 Å². The number of ether oxygens (including phenoxy) is 1. The minimum absolute atomic E-state index is 0.0301. The fraction of sp³-hybridized carbons (Fsp3) is 0.300. The molecule has 82 valence electrons. The van der Waals surface area contributed by atoms with Gasteiger partial charge in [-0.1, -0.05) is 6.07 Å². The number of halogens is 2. The molecule has 0 heterocycles. The van der Waals surface area contributed by atoms with E-state index in [0.29, 0.717) is 11.0 Å². The molecule has 1 amide bonds. The zero-order chi connectivity index (χ0) is 11.3. The molecular formula is C10H11BrFNO2. The van der Waals surface area contributed by atoms with Crippen molar-refractivity contribution in [1.29, 1.82) is 0 Å². The Bertz CT molecular complexity index is 357. The van der Waals surface area contributed by atoms with Gasteiger partial charge in [-0.05, 0) is 33.6 Å². The molecule has 0 aliphatic heterocycles. The monoisotopic (exact) mass is 275 g/mol. The molecule has 1 aromatic rings. The van der Waals surface area contributed by atoms with Crippen molar-refractivity contribution in [3.05, 3.63) is 34.1 Å². The number of benzene rings is 1. The zero-order valence-electron chi connectivity index (χ0n) is 8.22. The fourth-order valence-corrected chi connectivity index (χ4v) is 1.46. The Morgan fingerprint density at radius 1 is 1.60 bits per heavy atom. The summed E-state index contributed by atoms with van der Waals surface area (Å²) in [4.78, 5) is 11.0. The maximum Gasteiger partial charge on any atom is 0.246 e. The average molecular weight is 276 g/mol. The van der Waals surface area contributed by atoms with Crippen LogP contribution in [0.25, 0.3) is 0 Å². The first-order valence-corrected chi connectivity index (χ1v) is 5.12. The van der Waals surface area contributed by atoms with Crippen LogP contribution >= 0.6 is 15.9 Å². The second-order valence-electron chi connectivity index (χ2n) is 2.96. The third kappa shape index (κ3) is 3.97. The van der Waals surface area contributed by atoms with Crippen molar-refractivity contribution in [3.63, 3.8) is 0 Å². The molecule has 3 nitrogen and oxygen atoms in total. The van der Waals surface area contributed by atoms with E-state index in [-0.39, 0.29) is 18.3 Å². The fourth-order valence-electron chi connectivity index (χ4n) is 1.03. The Morgan fingerprint density at radius 3 is 2.93 bits per heavy atom. The van der Waals surface area contributed by atoms with Gasteiger partial charge in [-0.25, -0.2) is 4.39 Å². The van der Waals surface area contributed by atoms with Gasteiger partial charge in [0.15, 0.2) is 0 Å². The molecule has 0 aliphatic rings. The summed E-state index contributed by atoms with van der Waals surface area (Å²) in [6.07, 6.45) is 0. The van der Waals surface area contributed by atoms with Crippen molar-refractivity contribution >= 4 is 21.8 Å². The van der Waals surface area contributed by atoms with Gasteiger partial charge in [0.1, 0.15) is 12.4 Å². The summed E-state index contributed by atoms with van der Waals surface area (Å²) in [7, 11) is 1.45. The van der Waals surface area contributed by atoms with Gasteiger partial charge in [0.2, 0.25) is 5.91 Å². The number of carbonyl (C=O) groups excluding carboxylic acids is 1. The Balaban J connectivity index is 2.51. The maximum atomic E-state index is 12.9. The smallest absolute Gasteiger partial charge is 0.246 e. The number of methoxy groups -OCH3 is 1. The van der Waals surface area contributed by atoms with E-state index in [9.17, 15) is 9.18 Å². The van der Waals surface area contributed by atoms with E-state index in [1.54, 1.807) is 12.1 Å². The molecule has 5 heteroatoms. The van der Waals surface area contributed by atoms with E-state index >= 15 is 0 Å². The standard InChI is InChI=1S/C10H11BrFNO2/c1-15-6-10(14)13-5-7-2-3-9(12)8(11)4-7/h2-4H,5-6H2,1H3,(H,13,14). The summed E-state index contributed by atoms with van der Waals surface area (Å²) in [5, 5.41) is 2.64. The topological polar surface area (TPSA) is 38.3 Å². The van der Waals surface area contributed by atoms with Gasteiger partial charge in [0.05, 0.1) is 4.47 Å². The molecule has 0 aromatic heterocycles. The van der Waals surface area contributed by atoms with Crippen LogP contribution in [0, 0.1) is 5.82 Å². The van der Waals surface area contributed by atoms with Gasteiger partial charge in [0, 0.05) is 13.7 Å². The van der Waals surface area contributed by atoms with Crippen LogP contribution in [0.4, 0.5) is 4.39 Å². The summed E-state index contributed by atoms with van der Waals surface area (Å²) < 4.78 is 17.9. The first kappa shape index (κ1) is 12.1. The first-order chi connectivity index (χ1) is 7.13. The Kier molecular flexibility index (Phi) is 4.71. The summed E-state index contributed by atoms with van der Waals surface area (Å²) in [6, 6.07) is 4.59. The third-order valence-electron chi connectivity index (χ3n) is 1.75. The normalized spacial score (nSPS) is 10.1. The lowest BCUT2D eigenvalue weighted by atomic mass is 10.2. The molecule has 1 rings (SSSR count). The van der Waals surface area contributed by atoms with Crippen molar-refractivity contribution < 1.29 is 13.9 Å². The molecule has 0 unspecified atom stereocenters. The lowest BCUT2D eigenvalue weighted by molar-refractivity contribution is -0.124. The number of rotatable bonds is 4. The maximum absolute atomic E-state index is 12.9. The first-order valence-electron chi connectivity index (χ1n) is 4.33. The van der Waals surface area contributed by atoms with Gasteiger partial charge in [-0.2, -0.15) is 0 Å². The summed E-state index contributed by atoms with van der Waals surface area (Å²) >= 11 is 3.07. The number of hydrogen-bond donors (Lipinski definition) is 1. The van der Waals surface area contributed by atoms with Crippen LogP contribution in [0.3, 0.4) is 0 Å². The predicted octanol–water partition coefficient (Wildman–Crippen LogP) is 1.85. The highest BCUT2D eigenvalue weighted by Gasteiger charge is 2.02. The molecule has 0 fully saturated rings. The molecule has 0 saturated carbocycles. The van der Waals surface area contributed by atoms with E-state index in [1.807, 2.05) is 0 Å². The SMILES string of the molecule is COCC(=O)NCc1ccc(F)c(Br)c1. The molecule has 0 spiro atoms. The van der Waals surface area contributed by atoms with Crippen LogP contribution in [-0.4, -0.2) is 19.6 Å². The van der Waals surface area contributed by atoms with Crippen LogP contribution in [0.2, 0.25) is 0 Å². The summed E-state index contributed by atoms with van der Waals surface area (Å²) in [5.41, 5.74) is 0.827. The molecule has 15 heavy (non-hydrogen) atoms. The Labute approximate surface area is 95.7 Å². The summed E-state index contributed by atoms with van der Waals surface area (Å²) in [6.45, 7) is 0.392. The quantitative estimate of drug-likeness (QED) is 0.911. The molecule has 1 aromatic carbocycles. The lowest BCUT2D eigenvalue weighted by Gasteiger charge is -2.05. The van der Waals surface area contributed by atoms with Gasteiger partial charge < -0.3 is 10.1 Å². The van der Waals surface area contributed by atoms with Crippen LogP contribution in [-0.2, 0) is 16.1 Å². The number of amides is 1. The van der Waals surface area contributed by atoms with Crippen LogP contribution in [0.5, 0.6) is 0 Å². The van der Waals surface area contributed by atoms with Crippen molar-refractivity contribution in [3.8, 4) is 0 Å². The van der Waals surface area contributed by atoms with Crippen LogP contribution in [0.15, 0.2) is 22.7 Å². The third-order valence-corrected chi connectivity index (χ3v) is 2.36. The second-order valence-corrected chi connectivity index (χ2v) is 3.81. The predicted molar refractivity (Wildman–Crippen MR) is 57.8 cm³/mol. The van der Waals surface area contributed by atoms with Crippen LogP contribution < -0.4 is 5.32 Å². The van der Waals surface area contributed by atoms with Gasteiger partial charge in [-0.3, -0.25) is 4.79 Å². The van der Waals surface area contributed by atoms with E-state index in [4.69, 9.17) is 0 Å². The van der Waals surface area contributed by atoms with Gasteiger partial charge in [0.25, 0.3) is 0 Å². The highest BCUT2D eigenvalue weighted by atomic mass is 79.9. The molecule has 0 radical (unpaired) electrons. The van der Waals surface area contributed by atoms with E-state index in [1.165, 1.54) is 13.2 Å².